The molecule has 0 unspecified atom stereocenters. The fraction of sp³-hybridized carbons (Fsp3) is 0. The van der Waals surface area contributed by atoms with E-state index in [-0.39, 0.29) is 11.8 Å². The fourth-order valence-electron chi connectivity index (χ4n) is 2.88. The van der Waals surface area contributed by atoms with Crippen molar-refractivity contribution >= 4 is 44.2 Å². The third-order valence-corrected chi connectivity index (χ3v) is 4.54. The minimum atomic E-state index is -0.291. The molecule has 1 heterocycles. The Morgan fingerprint density at radius 2 is 1.32 bits per heavy atom. The van der Waals surface area contributed by atoms with Gasteiger partial charge in [-0.3, -0.25) is 9.59 Å². The van der Waals surface area contributed by atoms with Gasteiger partial charge in [0.15, 0.2) is 0 Å². The average molecular weight is 352 g/mol. The van der Waals surface area contributed by atoms with Crippen molar-refractivity contribution in [3.63, 3.8) is 0 Å². The zero-order valence-electron chi connectivity index (χ0n) is 11.4. The molecular weight excluding hydrogens is 342 g/mol. The van der Waals surface area contributed by atoms with Crippen LogP contribution in [0, 0.1) is 0 Å². The monoisotopic (exact) mass is 351 g/mol. The highest BCUT2D eigenvalue weighted by Crippen LogP contribution is 2.35. The Bertz CT molecular complexity index is 898. The lowest BCUT2D eigenvalue weighted by Crippen LogP contribution is -2.40. The zero-order valence-corrected chi connectivity index (χ0v) is 13.0. The van der Waals surface area contributed by atoms with Gasteiger partial charge in [0, 0.05) is 21.0 Å². The number of imide groups is 1. The van der Waals surface area contributed by atoms with Crippen LogP contribution in [0.15, 0.2) is 65.1 Å². The topological polar surface area (TPSA) is 37.4 Å². The molecule has 22 heavy (non-hydrogen) atoms. The summed E-state index contributed by atoms with van der Waals surface area (Å²) in [5.41, 5.74) is 1.68. The normalized spacial score (nSPS) is 13.8. The van der Waals surface area contributed by atoms with Gasteiger partial charge in [-0.2, -0.15) is 0 Å². The molecule has 4 rings (SSSR count). The number of hydrogen-bond acceptors (Lipinski definition) is 2. The zero-order chi connectivity index (χ0) is 15.3. The number of nitrogens with zero attached hydrogens (tertiary/aromatic N) is 1. The van der Waals surface area contributed by atoms with E-state index in [1.807, 2.05) is 42.5 Å². The molecule has 0 saturated heterocycles. The summed E-state index contributed by atoms with van der Waals surface area (Å²) in [4.78, 5) is 26.9. The Kier molecular flexibility index (Phi) is 2.87. The third kappa shape index (κ3) is 1.74. The van der Waals surface area contributed by atoms with Crippen LogP contribution in [0.2, 0.25) is 0 Å². The van der Waals surface area contributed by atoms with Gasteiger partial charge in [-0.05, 0) is 45.6 Å². The predicted octanol–water partition coefficient (Wildman–Crippen LogP) is 4.40. The molecule has 2 amide bonds. The third-order valence-electron chi connectivity index (χ3n) is 3.87. The first-order valence-corrected chi connectivity index (χ1v) is 7.63. The molecule has 0 radical (unpaired) electrons. The number of carbonyl (C=O) groups excluding carboxylic acids is 2. The number of para-hydroxylation sites is 1. The fourth-order valence-corrected chi connectivity index (χ4v) is 3.34. The van der Waals surface area contributed by atoms with Crippen LogP contribution in [-0.4, -0.2) is 11.8 Å². The Morgan fingerprint density at radius 3 is 1.91 bits per heavy atom. The van der Waals surface area contributed by atoms with Crippen LogP contribution in [0.1, 0.15) is 20.7 Å². The van der Waals surface area contributed by atoms with Gasteiger partial charge in [-0.15, -0.1) is 0 Å². The van der Waals surface area contributed by atoms with Gasteiger partial charge in [-0.25, -0.2) is 4.90 Å². The molecule has 0 N–H and O–H groups in total. The first kappa shape index (κ1) is 13.2. The van der Waals surface area contributed by atoms with Gasteiger partial charge >= 0.3 is 0 Å². The SMILES string of the molecule is O=C1c2cccc3cccc(c23)C(=O)N1c1ccccc1Br. The van der Waals surface area contributed by atoms with Crippen LogP contribution in [-0.2, 0) is 0 Å². The Balaban J connectivity index is 2.02. The van der Waals surface area contributed by atoms with E-state index in [2.05, 4.69) is 15.9 Å². The van der Waals surface area contributed by atoms with Gasteiger partial charge in [0.25, 0.3) is 11.8 Å². The van der Waals surface area contributed by atoms with Gasteiger partial charge in [0.2, 0.25) is 0 Å². The minimum Gasteiger partial charge on any atom is -0.268 e. The van der Waals surface area contributed by atoms with E-state index in [1.54, 1.807) is 18.2 Å². The number of rotatable bonds is 1. The van der Waals surface area contributed by atoms with Gasteiger partial charge in [-0.1, -0.05) is 36.4 Å². The minimum absolute atomic E-state index is 0.291. The second-order valence-electron chi connectivity index (χ2n) is 5.11. The maximum atomic E-state index is 12.9. The maximum Gasteiger partial charge on any atom is 0.266 e. The van der Waals surface area contributed by atoms with Crippen molar-refractivity contribution in [3.05, 3.63) is 76.3 Å². The van der Waals surface area contributed by atoms with Crippen LogP contribution in [0.25, 0.3) is 10.8 Å². The molecule has 3 aromatic carbocycles. The molecule has 0 aliphatic carbocycles. The summed E-state index contributed by atoms with van der Waals surface area (Å²) in [5, 5.41) is 1.65. The number of amides is 2. The molecular formula is C18H10BrNO2. The van der Waals surface area contributed by atoms with E-state index < -0.39 is 0 Å². The molecule has 106 valence electrons. The van der Waals surface area contributed by atoms with Crippen molar-refractivity contribution in [1.29, 1.82) is 0 Å². The lowest BCUT2D eigenvalue weighted by atomic mass is 9.94. The number of benzene rings is 3. The van der Waals surface area contributed by atoms with Crippen molar-refractivity contribution in [3.8, 4) is 0 Å². The first-order chi connectivity index (χ1) is 10.7. The maximum absolute atomic E-state index is 12.9. The van der Waals surface area contributed by atoms with Crippen LogP contribution >= 0.6 is 15.9 Å². The summed E-state index contributed by atoms with van der Waals surface area (Å²) in [6, 6.07) is 18.3. The highest BCUT2D eigenvalue weighted by molar-refractivity contribution is 9.10. The van der Waals surface area contributed by atoms with Crippen molar-refractivity contribution in [2.45, 2.75) is 0 Å². The molecule has 1 aliphatic heterocycles. The van der Waals surface area contributed by atoms with E-state index in [4.69, 9.17) is 0 Å². The van der Waals surface area contributed by atoms with Gasteiger partial charge in [0.1, 0.15) is 0 Å². The molecule has 0 atom stereocenters. The largest absolute Gasteiger partial charge is 0.268 e. The van der Waals surface area contributed by atoms with E-state index in [9.17, 15) is 9.59 Å². The standard InChI is InChI=1S/C18H10BrNO2/c19-14-9-1-2-10-15(14)20-17(21)12-7-3-5-11-6-4-8-13(16(11)12)18(20)22/h1-10H. The lowest BCUT2D eigenvalue weighted by Gasteiger charge is -2.27. The van der Waals surface area contributed by atoms with Crippen LogP contribution in [0.4, 0.5) is 5.69 Å². The highest BCUT2D eigenvalue weighted by Gasteiger charge is 2.34. The average Bonchev–Trinajstić information content (AvgIpc) is 2.54. The van der Waals surface area contributed by atoms with Crippen LogP contribution in [0.3, 0.4) is 0 Å². The lowest BCUT2D eigenvalue weighted by molar-refractivity contribution is 0.0893. The molecule has 3 aromatic rings. The Hall–Kier alpha value is -2.46. The molecule has 1 aliphatic rings. The first-order valence-electron chi connectivity index (χ1n) is 6.83. The van der Waals surface area contributed by atoms with Crippen molar-refractivity contribution < 1.29 is 9.59 Å². The molecule has 0 saturated carbocycles. The van der Waals surface area contributed by atoms with Crippen molar-refractivity contribution in [2.75, 3.05) is 4.90 Å². The summed E-state index contributed by atoms with van der Waals surface area (Å²) in [7, 11) is 0. The molecule has 3 nitrogen and oxygen atoms in total. The summed E-state index contributed by atoms with van der Waals surface area (Å²) in [5.74, 6) is -0.581. The quantitative estimate of drug-likeness (QED) is 0.609. The van der Waals surface area contributed by atoms with E-state index in [0.717, 1.165) is 10.8 Å². The molecule has 0 fully saturated rings. The van der Waals surface area contributed by atoms with Gasteiger partial charge in [0.05, 0.1) is 5.69 Å². The molecule has 0 bridgehead atoms. The summed E-state index contributed by atoms with van der Waals surface area (Å²) >= 11 is 3.42. The van der Waals surface area contributed by atoms with Crippen molar-refractivity contribution in [2.24, 2.45) is 0 Å². The Labute approximate surface area is 135 Å². The van der Waals surface area contributed by atoms with Gasteiger partial charge < -0.3 is 0 Å². The molecule has 4 heteroatoms. The number of anilines is 1. The number of hydrogen-bond donors (Lipinski definition) is 0. The summed E-state index contributed by atoms with van der Waals surface area (Å²) < 4.78 is 0.711. The number of halogens is 1. The highest BCUT2D eigenvalue weighted by atomic mass is 79.9. The van der Waals surface area contributed by atoms with Crippen LogP contribution < -0.4 is 4.90 Å². The smallest absolute Gasteiger partial charge is 0.266 e. The van der Waals surface area contributed by atoms with E-state index >= 15 is 0 Å². The summed E-state index contributed by atoms with van der Waals surface area (Å²) in [6.07, 6.45) is 0. The molecule has 0 aromatic heterocycles. The van der Waals surface area contributed by atoms with E-state index in [0.29, 0.717) is 21.3 Å². The second kappa shape index (κ2) is 4.78. The van der Waals surface area contributed by atoms with Crippen LogP contribution in [0.5, 0.6) is 0 Å². The summed E-state index contributed by atoms with van der Waals surface area (Å²) in [6.45, 7) is 0. The number of carbonyl (C=O) groups is 2. The van der Waals surface area contributed by atoms with E-state index in [1.165, 1.54) is 4.90 Å². The predicted molar refractivity (Wildman–Crippen MR) is 89.2 cm³/mol. The van der Waals surface area contributed by atoms with Crippen molar-refractivity contribution in [1.82, 2.24) is 0 Å². The second-order valence-corrected chi connectivity index (χ2v) is 5.96. The molecule has 0 spiro atoms. The Morgan fingerprint density at radius 1 is 0.727 bits per heavy atom.